The minimum atomic E-state index is -1.07. The number of hydrogen-bond donors (Lipinski definition) is 2. The van der Waals surface area contributed by atoms with Gasteiger partial charge in [0, 0.05) is 20.6 Å². The summed E-state index contributed by atoms with van der Waals surface area (Å²) in [5.74, 6) is -0.639. The van der Waals surface area contributed by atoms with Crippen LogP contribution in [0.3, 0.4) is 0 Å². The fourth-order valence-electron chi connectivity index (χ4n) is 1.37. The first-order valence-electron chi connectivity index (χ1n) is 6.30. The van der Waals surface area contributed by atoms with Gasteiger partial charge in [-0.25, -0.2) is 9.59 Å². The standard InChI is InChI=1S/C12H23N3O4S/c1-5-15(8-10(16)14(2)3)12(19)13-9(11(17)18)6-7-20-4/h9H,5-8H2,1-4H3,(H,13,19)(H,17,18). The summed E-state index contributed by atoms with van der Waals surface area (Å²) in [6.07, 6.45) is 2.22. The number of aliphatic carboxylic acids is 1. The SMILES string of the molecule is CCN(CC(=O)N(C)C)C(=O)NC(CCSC)C(=O)O. The molecule has 0 saturated heterocycles. The van der Waals surface area contributed by atoms with Crippen molar-refractivity contribution in [3.8, 4) is 0 Å². The van der Waals surface area contributed by atoms with Gasteiger partial charge in [-0.1, -0.05) is 0 Å². The molecule has 0 aliphatic carbocycles. The van der Waals surface area contributed by atoms with Crippen LogP contribution in [0.15, 0.2) is 0 Å². The third-order valence-electron chi connectivity index (χ3n) is 2.70. The van der Waals surface area contributed by atoms with Crippen LogP contribution in [0.25, 0.3) is 0 Å². The molecule has 0 radical (unpaired) electrons. The molecule has 0 aromatic rings. The number of thioether (sulfide) groups is 1. The van der Waals surface area contributed by atoms with Gasteiger partial charge in [-0.15, -0.1) is 0 Å². The van der Waals surface area contributed by atoms with Crippen molar-refractivity contribution in [3.05, 3.63) is 0 Å². The fraction of sp³-hybridized carbons (Fsp3) is 0.750. The Kier molecular flexibility index (Phi) is 8.78. The van der Waals surface area contributed by atoms with Crippen LogP contribution in [0.1, 0.15) is 13.3 Å². The van der Waals surface area contributed by atoms with E-state index in [1.165, 1.54) is 21.6 Å². The molecule has 0 saturated carbocycles. The van der Waals surface area contributed by atoms with Crippen molar-refractivity contribution in [3.63, 3.8) is 0 Å². The first kappa shape index (κ1) is 18.6. The molecule has 0 aliphatic rings. The predicted octanol–water partition coefficient (Wildman–Crippen LogP) is 0.312. The van der Waals surface area contributed by atoms with Crippen molar-refractivity contribution in [2.45, 2.75) is 19.4 Å². The first-order valence-corrected chi connectivity index (χ1v) is 7.70. The molecule has 7 nitrogen and oxygen atoms in total. The van der Waals surface area contributed by atoms with Gasteiger partial charge in [0.15, 0.2) is 0 Å². The summed E-state index contributed by atoms with van der Waals surface area (Å²) in [5.41, 5.74) is 0. The third kappa shape index (κ3) is 6.65. The number of carboxylic acids is 1. The highest BCUT2D eigenvalue weighted by molar-refractivity contribution is 7.98. The van der Waals surface area contributed by atoms with Crippen LogP contribution in [0.4, 0.5) is 4.79 Å². The lowest BCUT2D eigenvalue weighted by Gasteiger charge is -2.24. The molecular formula is C12H23N3O4S. The van der Waals surface area contributed by atoms with E-state index in [0.29, 0.717) is 18.7 Å². The van der Waals surface area contributed by atoms with Crippen molar-refractivity contribution in [2.24, 2.45) is 0 Å². The minimum Gasteiger partial charge on any atom is -0.480 e. The average molecular weight is 305 g/mol. The predicted molar refractivity (Wildman–Crippen MR) is 78.9 cm³/mol. The molecule has 0 aromatic carbocycles. The van der Waals surface area contributed by atoms with Crippen molar-refractivity contribution in [2.75, 3.05) is 39.2 Å². The van der Waals surface area contributed by atoms with Crippen molar-refractivity contribution in [1.82, 2.24) is 15.1 Å². The van der Waals surface area contributed by atoms with E-state index in [-0.39, 0.29) is 12.5 Å². The van der Waals surface area contributed by atoms with Crippen molar-refractivity contribution >= 4 is 29.7 Å². The number of nitrogens with zero attached hydrogens (tertiary/aromatic N) is 2. The summed E-state index contributed by atoms with van der Waals surface area (Å²) in [5, 5.41) is 11.5. The van der Waals surface area contributed by atoms with Crippen molar-refractivity contribution < 1.29 is 19.5 Å². The number of hydrogen-bond acceptors (Lipinski definition) is 4. The summed E-state index contributed by atoms with van der Waals surface area (Å²) in [6, 6.07) is -1.46. The lowest BCUT2D eigenvalue weighted by atomic mass is 10.2. The Bertz CT molecular complexity index is 350. The van der Waals surface area contributed by atoms with Gasteiger partial charge in [0.1, 0.15) is 12.6 Å². The molecule has 0 aliphatic heterocycles. The van der Waals surface area contributed by atoms with Gasteiger partial charge in [-0.05, 0) is 25.4 Å². The topological polar surface area (TPSA) is 90.0 Å². The van der Waals surface area contributed by atoms with Gasteiger partial charge in [-0.2, -0.15) is 11.8 Å². The number of likely N-dealkylation sites (N-methyl/N-ethyl adjacent to an activating group) is 2. The Hall–Kier alpha value is -1.44. The van der Waals surface area contributed by atoms with Crippen LogP contribution in [0.5, 0.6) is 0 Å². The van der Waals surface area contributed by atoms with E-state index in [0.717, 1.165) is 0 Å². The molecule has 1 unspecified atom stereocenters. The third-order valence-corrected chi connectivity index (χ3v) is 3.34. The number of nitrogens with one attached hydrogen (secondary N) is 1. The Morgan fingerprint density at radius 1 is 1.30 bits per heavy atom. The van der Waals surface area contributed by atoms with E-state index >= 15 is 0 Å². The van der Waals surface area contributed by atoms with E-state index in [9.17, 15) is 14.4 Å². The Balaban J connectivity index is 4.58. The quantitative estimate of drug-likeness (QED) is 0.674. The molecule has 0 rings (SSSR count). The zero-order valence-corrected chi connectivity index (χ0v) is 13.2. The maximum atomic E-state index is 12.0. The maximum Gasteiger partial charge on any atom is 0.326 e. The summed E-state index contributed by atoms with van der Waals surface area (Å²) in [6.45, 7) is 2.00. The molecule has 0 spiro atoms. The molecule has 3 amide bonds. The number of carbonyl (C=O) groups is 3. The molecule has 0 aromatic heterocycles. The highest BCUT2D eigenvalue weighted by Gasteiger charge is 2.23. The molecule has 0 fully saturated rings. The van der Waals surface area contributed by atoms with Crippen LogP contribution in [0.2, 0.25) is 0 Å². The summed E-state index contributed by atoms with van der Waals surface area (Å²) in [4.78, 5) is 37.3. The van der Waals surface area contributed by atoms with Crippen molar-refractivity contribution in [1.29, 1.82) is 0 Å². The number of carboxylic acid groups (broad SMARTS) is 1. The number of carbonyl (C=O) groups excluding carboxylic acids is 2. The second-order valence-electron chi connectivity index (χ2n) is 4.42. The zero-order valence-electron chi connectivity index (χ0n) is 12.4. The zero-order chi connectivity index (χ0) is 15.7. The highest BCUT2D eigenvalue weighted by atomic mass is 32.2. The van der Waals surface area contributed by atoms with Crippen LogP contribution in [-0.4, -0.2) is 78.0 Å². The molecule has 8 heteroatoms. The van der Waals surface area contributed by atoms with Gasteiger partial charge < -0.3 is 20.2 Å². The summed E-state index contributed by atoms with van der Waals surface area (Å²) < 4.78 is 0. The second kappa shape index (κ2) is 9.46. The Morgan fingerprint density at radius 3 is 2.30 bits per heavy atom. The van der Waals surface area contributed by atoms with E-state index in [1.54, 1.807) is 21.0 Å². The molecular weight excluding hydrogens is 282 g/mol. The molecule has 1 atom stereocenters. The van der Waals surface area contributed by atoms with Crippen LogP contribution < -0.4 is 5.32 Å². The second-order valence-corrected chi connectivity index (χ2v) is 5.41. The highest BCUT2D eigenvalue weighted by Crippen LogP contribution is 2.02. The largest absolute Gasteiger partial charge is 0.480 e. The number of rotatable bonds is 8. The monoisotopic (exact) mass is 305 g/mol. The summed E-state index contributed by atoms with van der Waals surface area (Å²) >= 11 is 1.51. The van der Waals surface area contributed by atoms with Gasteiger partial charge in [0.2, 0.25) is 5.91 Å². The first-order chi connectivity index (χ1) is 9.33. The lowest BCUT2D eigenvalue weighted by Crippen LogP contribution is -2.50. The maximum absolute atomic E-state index is 12.0. The lowest BCUT2D eigenvalue weighted by molar-refractivity contribution is -0.139. The van der Waals surface area contributed by atoms with Crippen LogP contribution in [0, 0.1) is 0 Å². The number of amides is 3. The van der Waals surface area contributed by atoms with Crippen LogP contribution in [-0.2, 0) is 9.59 Å². The Labute approximate surface area is 123 Å². The molecule has 0 bridgehead atoms. The molecule has 0 heterocycles. The van der Waals surface area contributed by atoms with E-state index in [4.69, 9.17) is 5.11 Å². The minimum absolute atomic E-state index is 0.0653. The van der Waals surface area contributed by atoms with Gasteiger partial charge in [-0.3, -0.25) is 4.79 Å². The van der Waals surface area contributed by atoms with E-state index in [2.05, 4.69) is 5.32 Å². The normalized spacial score (nSPS) is 11.6. The van der Waals surface area contributed by atoms with Gasteiger partial charge in [0.25, 0.3) is 0 Å². The molecule has 116 valence electrons. The summed E-state index contributed by atoms with van der Waals surface area (Å²) in [7, 11) is 3.21. The van der Waals surface area contributed by atoms with Crippen LogP contribution >= 0.6 is 11.8 Å². The molecule has 20 heavy (non-hydrogen) atoms. The smallest absolute Gasteiger partial charge is 0.326 e. The average Bonchev–Trinajstić information content (AvgIpc) is 2.39. The molecule has 2 N–H and O–H groups in total. The van der Waals surface area contributed by atoms with E-state index in [1.807, 2.05) is 6.26 Å². The van der Waals surface area contributed by atoms with Gasteiger partial charge in [0.05, 0.1) is 0 Å². The van der Waals surface area contributed by atoms with E-state index < -0.39 is 18.0 Å². The Morgan fingerprint density at radius 2 is 1.90 bits per heavy atom. The van der Waals surface area contributed by atoms with Gasteiger partial charge >= 0.3 is 12.0 Å². The number of urea groups is 1. The fourth-order valence-corrected chi connectivity index (χ4v) is 1.84.